The molecule has 2 aromatic carbocycles. The van der Waals surface area contributed by atoms with E-state index < -0.39 is 45.1 Å². The number of hydrazine groups is 1. The van der Waals surface area contributed by atoms with Crippen molar-refractivity contribution in [1.29, 1.82) is 0 Å². The van der Waals surface area contributed by atoms with E-state index in [2.05, 4.69) is 0 Å². The van der Waals surface area contributed by atoms with Crippen LogP contribution >= 0.6 is 0 Å². The largest absolute Gasteiger partial charge is 0.282 e. The van der Waals surface area contributed by atoms with E-state index in [1.165, 1.54) is 48.5 Å². The first-order chi connectivity index (χ1) is 15.8. The molecule has 0 N–H and O–H groups in total. The molecule has 1 saturated carbocycles. The van der Waals surface area contributed by atoms with Gasteiger partial charge in [0.2, 0.25) is 0 Å². The fourth-order valence-electron chi connectivity index (χ4n) is 4.46. The van der Waals surface area contributed by atoms with Crippen molar-refractivity contribution in [2.75, 3.05) is 0 Å². The van der Waals surface area contributed by atoms with Crippen molar-refractivity contribution in [3.8, 4) is 0 Å². The highest BCUT2D eigenvalue weighted by Crippen LogP contribution is 2.39. The van der Waals surface area contributed by atoms with Gasteiger partial charge in [0, 0.05) is 18.2 Å². The third-order valence-electron chi connectivity index (χ3n) is 6.10. The molecule has 1 heterocycles. The summed E-state index contributed by atoms with van der Waals surface area (Å²) in [5.74, 6) is -2.92. The minimum Gasteiger partial charge on any atom is -0.272 e. The van der Waals surface area contributed by atoms with E-state index >= 15 is 0 Å². The molecule has 1 saturated heterocycles. The van der Waals surface area contributed by atoms with E-state index in [4.69, 9.17) is 0 Å². The van der Waals surface area contributed by atoms with Gasteiger partial charge in [-0.05, 0) is 24.5 Å². The Morgan fingerprint density at radius 3 is 2.03 bits per heavy atom. The number of hydrogen-bond acceptors (Lipinski definition) is 7. The number of nitro groups is 2. The average Bonchev–Trinajstić information content (AvgIpc) is 3.07. The van der Waals surface area contributed by atoms with Crippen LogP contribution in [-0.2, 0) is 16.1 Å². The van der Waals surface area contributed by atoms with Crippen molar-refractivity contribution >= 4 is 29.1 Å². The lowest BCUT2D eigenvalue weighted by Crippen LogP contribution is -2.49. The molecule has 3 amide bonds. The summed E-state index contributed by atoms with van der Waals surface area (Å²) < 4.78 is 0. The molecule has 1 aliphatic carbocycles. The number of non-ortho nitro benzene ring substituents is 1. The number of benzene rings is 2. The Balaban J connectivity index is 1.75. The Labute approximate surface area is 187 Å². The van der Waals surface area contributed by atoms with Gasteiger partial charge < -0.3 is 0 Å². The molecular formula is C22H20N4O7. The summed E-state index contributed by atoms with van der Waals surface area (Å²) in [5.41, 5.74) is -0.453. The molecule has 11 heteroatoms. The highest BCUT2D eigenvalue weighted by Gasteiger charge is 2.51. The topological polar surface area (TPSA) is 144 Å². The van der Waals surface area contributed by atoms with Crippen LogP contribution in [0, 0.1) is 32.1 Å². The van der Waals surface area contributed by atoms with Gasteiger partial charge in [-0.25, -0.2) is 5.01 Å². The first kappa shape index (κ1) is 22.1. The molecule has 0 radical (unpaired) electrons. The summed E-state index contributed by atoms with van der Waals surface area (Å²) in [5, 5.41) is 24.2. The summed E-state index contributed by atoms with van der Waals surface area (Å²) in [6.07, 6.45) is 2.68. The Morgan fingerprint density at radius 1 is 0.909 bits per heavy atom. The van der Waals surface area contributed by atoms with Crippen LogP contribution in [0.3, 0.4) is 0 Å². The predicted octanol–water partition coefficient (Wildman–Crippen LogP) is 3.24. The Morgan fingerprint density at radius 2 is 1.48 bits per heavy atom. The fraction of sp³-hybridized carbons (Fsp3) is 0.318. The number of carbonyl (C=O) groups excluding carboxylic acids is 3. The summed E-state index contributed by atoms with van der Waals surface area (Å²) in [4.78, 5) is 61.0. The maximum Gasteiger partial charge on any atom is 0.282 e. The van der Waals surface area contributed by atoms with Crippen LogP contribution < -0.4 is 0 Å². The van der Waals surface area contributed by atoms with Gasteiger partial charge in [0.1, 0.15) is 5.56 Å². The van der Waals surface area contributed by atoms with Crippen molar-refractivity contribution in [3.05, 3.63) is 79.9 Å². The van der Waals surface area contributed by atoms with Crippen molar-refractivity contribution in [3.63, 3.8) is 0 Å². The van der Waals surface area contributed by atoms with Gasteiger partial charge in [-0.1, -0.05) is 37.1 Å². The third-order valence-corrected chi connectivity index (χ3v) is 6.10. The van der Waals surface area contributed by atoms with Gasteiger partial charge in [-0.15, -0.1) is 0 Å². The van der Waals surface area contributed by atoms with Gasteiger partial charge >= 0.3 is 0 Å². The standard InChI is InChI=1S/C22H20N4O7/c27-20(18-7-3-4-8-19(18)26(32)33)23(13-14-9-11-15(12-10-14)25(30)31)24-21(28)16-5-1-2-6-17(16)22(24)29/h3-4,7-12,16-17H,1-2,5-6,13H2/t16-,17-/m0/s1. The zero-order valence-electron chi connectivity index (χ0n) is 17.5. The van der Waals surface area contributed by atoms with Gasteiger partial charge in [0.05, 0.1) is 28.2 Å². The number of carbonyl (C=O) groups is 3. The normalized spacial score (nSPS) is 19.8. The predicted molar refractivity (Wildman–Crippen MR) is 113 cm³/mol. The number of fused-ring (bicyclic) bond motifs is 1. The summed E-state index contributed by atoms with van der Waals surface area (Å²) in [6, 6.07) is 10.6. The molecule has 170 valence electrons. The summed E-state index contributed by atoms with van der Waals surface area (Å²) >= 11 is 0. The Hall–Kier alpha value is -4.15. The second-order valence-electron chi connectivity index (χ2n) is 8.05. The molecule has 2 fully saturated rings. The third kappa shape index (κ3) is 4.04. The monoisotopic (exact) mass is 452 g/mol. The van der Waals surface area contributed by atoms with Crippen LogP contribution in [0.15, 0.2) is 48.5 Å². The number of hydrogen-bond donors (Lipinski definition) is 0. The molecule has 2 atom stereocenters. The van der Waals surface area contributed by atoms with E-state index in [1.54, 1.807) is 0 Å². The molecule has 2 aromatic rings. The lowest BCUT2D eigenvalue weighted by molar-refractivity contribution is -0.385. The zero-order valence-corrected chi connectivity index (χ0v) is 17.5. The molecule has 4 rings (SSSR count). The van der Waals surface area contributed by atoms with E-state index in [1.807, 2.05) is 0 Å². The number of rotatable bonds is 6. The van der Waals surface area contributed by atoms with Crippen molar-refractivity contribution < 1.29 is 24.2 Å². The van der Waals surface area contributed by atoms with Crippen molar-refractivity contribution in [1.82, 2.24) is 10.0 Å². The molecule has 0 unspecified atom stereocenters. The average molecular weight is 452 g/mol. The SMILES string of the molecule is O=C(c1ccccc1[N+](=O)[O-])N(Cc1ccc([N+](=O)[O-])cc1)N1C(=O)[C@H]2CCCC[C@@H]2C1=O. The lowest BCUT2D eigenvalue weighted by atomic mass is 9.81. The van der Waals surface area contributed by atoms with Gasteiger partial charge in [-0.3, -0.25) is 34.6 Å². The first-order valence-corrected chi connectivity index (χ1v) is 10.5. The van der Waals surface area contributed by atoms with Gasteiger partial charge in [-0.2, -0.15) is 5.01 Å². The van der Waals surface area contributed by atoms with Crippen LogP contribution in [0.2, 0.25) is 0 Å². The molecule has 2 aliphatic rings. The first-order valence-electron chi connectivity index (χ1n) is 10.5. The van der Waals surface area contributed by atoms with Crippen LogP contribution in [0.25, 0.3) is 0 Å². The molecule has 33 heavy (non-hydrogen) atoms. The number of nitrogens with zero attached hydrogens (tertiary/aromatic N) is 4. The van der Waals surface area contributed by atoms with E-state index in [0.717, 1.165) is 22.9 Å². The summed E-state index contributed by atoms with van der Waals surface area (Å²) in [7, 11) is 0. The highest BCUT2D eigenvalue weighted by molar-refractivity contribution is 6.08. The van der Waals surface area contributed by atoms with Crippen LogP contribution in [0.1, 0.15) is 41.6 Å². The highest BCUT2D eigenvalue weighted by atomic mass is 16.6. The molecule has 0 aromatic heterocycles. The fourth-order valence-corrected chi connectivity index (χ4v) is 4.46. The van der Waals surface area contributed by atoms with Gasteiger partial charge in [0.25, 0.3) is 29.1 Å². The van der Waals surface area contributed by atoms with Crippen LogP contribution in [0.4, 0.5) is 11.4 Å². The number of nitro benzene ring substituents is 2. The van der Waals surface area contributed by atoms with E-state index in [9.17, 15) is 34.6 Å². The van der Waals surface area contributed by atoms with Crippen LogP contribution in [0.5, 0.6) is 0 Å². The van der Waals surface area contributed by atoms with E-state index in [-0.39, 0.29) is 17.8 Å². The van der Waals surface area contributed by atoms with Crippen molar-refractivity contribution in [2.24, 2.45) is 11.8 Å². The van der Waals surface area contributed by atoms with Crippen LogP contribution in [-0.4, -0.2) is 37.6 Å². The maximum absolute atomic E-state index is 13.5. The molecule has 11 nitrogen and oxygen atoms in total. The second kappa shape index (κ2) is 8.77. The number of para-hydroxylation sites is 1. The Kier molecular flexibility index (Phi) is 5.86. The summed E-state index contributed by atoms with van der Waals surface area (Å²) in [6.45, 7) is -0.264. The van der Waals surface area contributed by atoms with E-state index in [0.29, 0.717) is 18.4 Å². The van der Waals surface area contributed by atoms with Crippen molar-refractivity contribution in [2.45, 2.75) is 32.2 Å². The smallest absolute Gasteiger partial charge is 0.272 e. The zero-order chi connectivity index (χ0) is 23.7. The molecule has 0 bridgehead atoms. The number of imide groups is 1. The lowest BCUT2D eigenvalue weighted by Gasteiger charge is -2.30. The molecule has 1 aliphatic heterocycles. The minimum absolute atomic E-state index is 0.158. The molecule has 0 spiro atoms. The number of amides is 3. The minimum atomic E-state index is -0.874. The quantitative estimate of drug-likeness (QED) is 0.372. The molecular weight excluding hydrogens is 432 g/mol. The Bertz CT molecular complexity index is 1120. The second-order valence-corrected chi connectivity index (χ2v) is 8.05. The van der Waals surface area contributed by atoms with Gasteiger partial charge in [0.15, 0.2) is 0 Å². The maximum atomic E-state index is 13.5.